The second-order valence-corrected chi connectivity index (χ2v) is 6.01. The molecule has 20 heavy (non-hydrogen) atoms. The van der Waals surface area contributed by atoms with E-state index in [2.05, 4.69) is 9.71 Å². The summed E-state index contributed by atoms with van der Waals surface area (Å²) < 4.78 is 26.9. The molecule has 0 unspecified atom stereocenters. The summed E-state index contributed by atoms with van der Waals surface area (Å²) in [6, 6.07) is 5.94. The van der Waals surface area contributed by atoms with Gasteiger partial charge in [-0.3, -0.25) is 0 Å². The molecule has 6 nitrogen and oxygen atoms in total. The summed E-state index contributed by atoms with van der Waals surface area (Å²) in [5, 5.41) is 9.02. The van der Waals surface area contributed by atoms with Crippen molar-refractivity contribution in [2.75, 3.05) is 0 Å². The summed E-state index contributed by atoms with van der Waals surface area (Å²) in [6.07, 6.45) is 3.38. The maximum Gasteiger partial charge on any atom is 0.335 e. The van der Waals surface area contributed by atoms with Crippen LogP contribution in [-0.4, -0.2) is 24.5 Å². The van der Waals surface area contributed by atoms with Crippen molar-refractivity contribution in [3.8, 4) is 0 Å². The topological polar surface area (TPSA) is 99.3 Å². The third-order valence-corrected chi connectivity index (χ3v) is 4.48. The van der Waals surface area contributed by atoms with Gasteiger partial charge in [0, 0.05) is 18.9 Å². The minimum absolute atomic E-state index is 0.0190. The van der Waals surface area contributed by atoms with E-state index in [9.17, 15) is 13.2 Å². The van der Waals surface area contributed by atoms with Gasteiger partial charge in [-0.05, 0) is 36.2 Å². The Bertz CT molecular complexity index is 721. The lowest BCUT2D eigenvalue weighted by Crippen LogP contribution is -2.24. The molecular formula is C13H14N2O4S. The molecule has 0 saturated heterocycles. The van der Waals surface area contributed by atoms with E-state index in [1.807, 2.05) is 0 Å². The molecular weight excluding hydrogens is 280 g/mol. The van der Waals surface area contributed by atoms with Gasteiger partial charge in [0.15, 0.2) is 0 Å². The zero-order valence-electron chi connectivity index (χ0n) is 10.8. The van der Waals surface area contributed by atoms with E-state index in [-0.39, 0.29) is 22.6 Å². The molecule has 0 aliphatic rings. The monoisotopic (exact) mass is 294 g/mol. The van der Waals surface area contributed by atoms with Crippen LogP contribution in [0, 0.1) is 6.92 Å². The second kappa shape index (κ2) is 5.48. The first-order chi connectivity index (χ1) is 9.42. The van der Waals surface area contributed by atoms with Crippen molar-refractivity contribution in [1.29, 1.82) is 0 Å². The van der Waals surface area contributed by atoms with Gasteiger partial charge < -0.3 is 10.1 Å². The normalized spacial score (nSPS) is 11.4. The highest BCUT2D eigenvalue weighted by molar-refractivity contribution is 7.89. The predicted molar refractivity (Wildman–Crippen MR) is 73.0 cm³/mol. The number of nitrogens with one attached hydrogen (secondary N) is 2. The maximum atomic E-state index is 12.2. The predicted octanol–water partition coefficient (Wildman–Crippen LogP) is 1.50. The van der Waals surface area contributed by atoms with Gasteiger partial charge >= 0.3 is 5.97 Å². The fraction of sp³-hybridized carbons (Fsp3) is 0.154. The summed E-state index contributed by atoms with van der Waals surface area (Å²) in [7, 11) is -3.75. The van der Waals surface area contributed by atoms with Crippen molar-refractivity contribution in [1.82, 2.24) is 9.71 Å². The molecule has 3 N–H and O–H groups in total. The highest BCUT2D eigenvalue weighted by Crippen LogP contribution is 2.19. The van der Waals surface area contributed by atoms with E-state index in [0.717, 1.165) is 5.56 Å². The number of benzene rings is 1. The first-order valence-corrected chi connectivity index (χ1v) is 7.34. The van der Waals surface area contributed by atoms with Crippen LogP contribution in [0.4, 0.5) is 0 Å². The molecule has 0 amide bonds. The number of carboxylic acid groups (broad SMARTS) is 1. The Kier molecular flexibility index (Phi) is 3.91. The lowest BCUT2D eigenvalue weighted by molar-refractivity contribution is 0.0696. The smallest absolute Gasteiger partial charge is 0.335 e. The van der Waals surface area contributed by atoms with E-state index in [1.54, 1.807) is 18.5 Å². The van der Waals surface area contributed by atoms with Crippen LogP contribution in [-0.2, 0) is 16.6 Å². The van der Waals surface area contributed by atoms with Crippen LogP contribution in [0.1, 0.15) is 21.5 Å². The number of hydrogen-bond acceptors (Lipinski definition) is 3. The average molecular weight is 294 g/mol. The van der Waals surface area contributed by atoms with E-state index in [0.29, 0.717) is 0 Å². The molecule has 0 aliphatic carbocycles. The molecule has 0 fully saturated rings. The van der Waals surface area contributed by atoms with Crippen LogP contribution in [0.15, 0.2) is 41.6 Å². The molecule has 0 saturated carbocycles. The van der Waals surface area contributed by atoms with Crippen molar-refractivity contribution in [3.05, 3.63) is 53.3 Å². The zero-order chi connectivity index (χ0) is 14.8. The summed E-state index contributed by atoms with van der Waals surface area (Å²) in [5.74, 6) is -1.15. The summed E-state index contributed by atoms with van der Waals surface area (Å²) >= 11 is 0. The molecule has 2 aromatic rings. The Balaban J connectivity index is 2.30. The molecule has 7 heteroatoms. The van der Waals surface area contributed by atoms with Crippen LogP contribution in [0.5, 0.6) is 0 Å². The molecule has 1 heterocycles. The summed E-state index contributed by atoms with van der Waals surface area (Å²) in [6.45, 7) is 1.62. The van der Waals surface area contributed by atoms with Gasteiger partial charge in [0.25, 0.3) is 0 Å². The molecule has 0 bridgehead atoms. The number of sulfonamides is 1. The Hall–Kier alpha value is -2.12. The Labute approximate surface area is 116 Å². The van der Waals surface area contributed by atoms with Gasteiger partial charge in [0.1, 0.15) is 0 Å². The van der Waals surface area contributed by atoms with Crippen molar-refractivity contribution in [2.45, 2.75) is 18.4 Å². The van der Waals surface area contributed by atoms with Gasteiger partial charge in [-0.2, -0.15) is 0 Å². The quantitative estimate of drug-likeness (QED) is 0.778. The first kappa shape index (κ1) is 14.3. The zero-order valence-corrected chi connectivity index (χ0v) is 11.6. The third-order valence-electron chi connectivity index (χ3n) is 2.93. The molecule has 0 radical (unpaired) electrons. The number of carboxylic acids is 1. The highest BCUT2D eigenvalue weighted by Gasteiger charge is 2.20. The molecule has 2 rings (SSSR count). The van der Waals surface area contributed by atoms with E-state index >= 15 is 0 Å². The molecule has 106 valence electrons. The SMILES string of the molecule is Cc1c(C(=O)O)cccc1S(=O)(=O)NCc1cc[nH]c1. The van der Waals surface area contributed by atoms with Gasteiger partial charge in [0.05, 0.1) is 10.5 Å². The van der Waals surface area contributed by atoms with Crippen LogP contribution in [0.3, 0.4) is 0 Å². The summed E-state index contributed by atoms with van der Waals surface area (Å²) in [4.78, 5) is 13.8. The van der Waals surface area contributed by atoms with Crippen molar-refractivity contribution in [3.63, 3.8) is 0 Å². The van der Waals surface area contributed by atoms with Gasteiger partial charge in [0.2, 0.25) is 10.0 Å². The number of aromatic carboxylic acids is 1. The minimum atomic E-state index is -3.75. The van der Waals surface area contributed by atoms with E-state index in [1.165, 1.54) is 25.1 Å². The van der Waals surface area contributed by atoms with Crippen LogP contribution in [0.25, 0.3) is 0 Å². The lowest BCUT2D eigenvalue weighted by Gasteiger charge is -2.10. The van der Waals surface area contributed by atoms with E-state index in [4.69, 9.17) is 5.11 Å². The standard InChI is InChI=1S/C13H14N2O4S/c1-9-11(13(16)17)3-2-4-12(9)20(18,19)15-8-10-5-6-14-7-10/h2-7,14-15H,8H2,1H3,(H,16,17). The van der Waals surface area contributed by atoms with Crippen molar-refractivity contribution in [2.24, 2.45) is 0 Å². The lowest BCUT2D eigenvalue weighted by atomic mass is 10.1. The van der Waals surface area contributed by atoms with Crippen molar-refractivity contribution >= 4 is 16.0 Å². The van der Waals surface area contributed by atoms with Gasteiger partial charge in [-0.1, -0.05) is 6.07 Å². The number of aromatic nitrogens is 1. The van der Waals surface area contributed by atoms with Gasteiger partial charge in [-0.15, -0.1) is 0 Å². The van der Waals surface area contributed by atoms with Crippen LogP contribution < -0.4 is 4.72 Å². The Morgan fingerprint density at radius 1 is 1.35 bits per heavy atom. The minimum Gasteiger partial charge on any atom is -0.478 e. The Morgan fingerprint density at radius 2 is 2.10 bits per heavy atom. The number of hydrogen-bond donors (Lipinski definition) is 3. The number of rotatable bonds is 5. The third kappa shape index (κ3) is 2.89. The largest absolute Gasteiger partial charge is 0.478 e. The second-order valence-electron chi connectivity index (χ2n) is 4.28. The Morgan fingerprint density at radius 3 is 2.70 bits per heavy atom. The molecule has 0 spiro atoms. The maximum absolute atomic E-state index is 12.2. The fourth-order valence-electron chi connectivity index (χ4n) is 1.86. The first-order valence-electron chi connectivity index (χ1n) is 5.86. The average Bonchev–Trinajstić information content (AvgIpc) is 2.89. The summed E-state index contributed by atoms with van der Waals surface area (Å²) in [5.41, 5.74) is 0.997. The number of aromatic amines is 1. The number of H-pyrrole nitrogens is 1. The molecule has 0 aliphatic heterocycles. The van der Waals surface area contributed by atoms with E-state index < -0.39 is 16.0 Å². The molecule has 0 atom stereocenters. The van der Waals surface area contributed by atoms with Crippen LogP contribution >= 0.6 is 0 Å². The van der Waals surface area contributed by atoms with Gasteiger partial charge in [-0.25, -0.2) is 17.9 Å². The molecule has 1 aromatic heterocycles. The number of carbonyl (C=O) groups is 1. The molecule has 1 aromatic carbocycles. The fourth-order valence-corrected chi connectivity index (χ4v) is 3.14. The van der Waals surface area contributed by atoms with Crippen LogP contribution in [0.2, 0.25) is 0 Å². The van der Waals surface area contributed by atoms with Crippen molar-refractivity contribution < 1.29 is 18.3 Å². The highest BCUT2D eigenvalue weighted by atomic mass is 32.2.